The quantitative estimate of drug-likeness (QED) is 0.532. The van der Waals surface area contributed by atoms with Crippen molar-refractivity contribution in [3.8, 4) is 0 Å². The predicted molar refractivity (Wildman–Crippen MR) is 37.6 cm³/mol. The topological polar surface area (TPSA) is 21.3 Å². The molecule has 0 aromatic carbocycles. The maximum absolute atomic E-state index is 4.83. The number of rotatable bonds is 0. The Morgan fingerprint density at radius 3 is 3.40 bits per heavy atom. The molecule has 0 amide bonds. The van der Waals surface area contributed by atoms with Gasteiger partial charge in [-0.2, -0.15) is 0 Å². The van der Waals surface area contributed by atoms with Gasteiger partial charge in [-0.15, -0.1) is 0 Å². The maximum atomic E-state index is 4.83. The molecule has 1 atom stereocenters. The number of ether oxygens (including phenoxy) is 1. The van der Waals surface area contributed by atoms with E-state index < -0.39 is 0 Å². The van der Waals surface area contributed by atoms with Gasteiger partial charge < -0.3 is 4.74 Å². The summed E-state index contributed by atoms with van der Waals surface area (Å²) in [7, 11) is 0. The van der Waals surface area contributed by atoms with Crippen LogP contribution in [0.15, 0.2) is 36.1 Å². The lowest BCUT2D eigenvalue weighted by Crippen LogP contribution is -2.30. The van der Waals surface area contributed by atoms with Crippen LogP contribution in [0, 0.1) is 6.73 Å². The van der Waals surface area contributed by atoms with E-state index in [-0.39, 0.29) is 6.04 Å². The zero-order valence-corrected chi connectivity index (χ0v) is 5.37. The van der Waals surface area contributed by atoms with Crippen LogP contribution in [0.3, 0.4) is 0 Å². The van der Waals surface area contributed by atoms with Crippen molar-refractivity contribution in [2.45, 2.75) is 6.04 Å². The van der Waals surface area contributed by atoms with Gasteiger partial charge in [0.15, 0.2) is 0 Å². The summed E-state index contributed by atoms with van der Waals surface area (Å²) in [6.45, 7) is 2.57. The van der Waals surface area contributed by atoms with Crippen LogP contribution in [0.25, 0.3) is 0 Å². The van der Waals surface area contributed by atoms with Crippen molar-refractivity contribution in [2.75, 3.05) is 0 Å². The Kier molecular flexibility index (Phi) is 1.32. The van der Waals surface area contributed by atoms with Gasteiger partial charge in [0.1, 0.15) is 0 Å². The predicted octanol–water partition coefficient (Wildman–Crippen LogP) is 0.981. The van der Waals surface area contributed by atoms with Crippen LogP contribution in [0.1, 0.15) is 0 Å². The second kappa shape index (κ2) is 2.31. The molecule has 0 aromatic rings. The largest absolute Gasteiger partial charge is 0.468 e. The van der Waals surface area contributed by atoms with Gasteiger partial charge in [-0.1, -0.05) is 24.3 Å². The maximum Gasteiger partial charge on any atom is 0.279 e. The van der Waals surface area contributed by atoms with E-state index >= 15 is 0 Å². The van der Waals surface area contributed by atoms with E-state index in [4.69, 9.17) is 4.74 Å². The minimum absolute atomic E-state index is 0.263. The molecule has 2 nitrogen and oxygen atoms in total. The van der Waals surface area contributed by atoms with Crippen LogP contribution in [0.5, 0.6) is 0 Å². The Morgan fingerprint density at radius 2 is 2.50 bits per heavy atom. The van der Waals surface area contributed by atoms with Crippen molar-refractivity contribution >= 4 is 0 Å². The van der Waals surface area contributed by atoms with Crippen molar-refractivity contribution in [1.29, 1.82) is 0 Å². The molecule has 1 N–H and O–H groups in total. The van der Waals surface area contributed by atoms with Crippen LogP contribution in [0.4, 0.5) is 0 Å². The fourth-order valence-corrected chi connectivity index (χ4v) is 0.996. The highest BCUT2D eigenvalue weighted by Gasteiger charge is 2.14. The van der Waals surface area contributed by atoms with Gasteiger partial charge in [0.2, 0.25) is 0 Å². The number of nitrogens with one attached hydrogen (secondary N) is 1. The molecule has 2 radical (unpaired) electrons. The molecule has 10 heavy (non-hydrogen) atoms. The standard InChI is InChI=1S/C8H7NO/c1-2-4-8-7(3-1)5-10-6-9-8/h1-5,8-9H. The lowest BCUT2D eigenvalue weighted by atomic mass is 10.0. The van der Waals surface area contributed by atoms with Gasteiger partial charge in [-0.25, -0.2) is 0 Å². The Hall–Kier alpha value is -1.02. The monoisotopic (exact) mass is 133 g/mol. The Balaban J connectivity index is 2.27. The van der Waals surface area contributed by atoms with Crippen molar-refractivity contribution in [3.05, 3.63) is 42.9 Å². The van der Waals surface area contributed by atoms with Gasteiger partial charge >= 0.3 is 0 Å². The smallest absolute Gasteiger partial charge is 0.279 e. The molecule has 50 valence electrons. The summed E-state index contributed by atoms with van der Waals surface area (Å²) in [5, 5.41) is 2.94. The highest BCUT2D eigenvalue weighted by molar-refractivity contribution is 5.36. The second-order valence-electron chi connectivity index (χ2n) is 2.20. The average Bonchev–Trinajstić information content (AvgIpc) is 2.05. The van der Waals surface area contributed by atoms with Gasteiger partial charge in [0, 0.05) is 5.57 Å². The van der Waals surface area contributed by atoms with E-state index in [2.05, 4.69) is 18.1 Å². The van der Waals surface area contributed by atoms with Crippen LogP contribution in [-0.4, -0.2) is 6.04 Å². The summed E-state index contributed by atoms with van der Waals surface area (Å²) >= 11 is 0. The first-order valence-corrected chi connectivity index (χ1v) is 3.18. The Labute approximate surface area is 59.9 Å². The van der Waals surface area contributed by atoms with E-state index in [0.29, 0.717) is 0 Å². The van der Waals surface area contributed by atoms with E-state index in [1.165, 1.54) is 0 Å². The van der Waals surface area contributed by atoms with E-state index in [0.717, 1.165) is 5.57 Å². The summed E-state index contributed by atoms with van der Waals surface area (Å²) in [6.07, 6.45) is 9.75. The minimum atomic E-state index is 0.263. The van der Waals surface area contributed by atoms with E-state index in [1.807, 2.05) is 18.2 Å². The molecule has 0 bridgehead atoms. The molecule has 0 aromatic heterocycles. The summed E-state index contributed by atoms with van der Waals surface area (Å²) in [6, 6.07) is 0.263. The molecule has 2 heteroatoms. The SMILES string of the molecule is [C]1NC2C=CC=CC2=CO1. The van der Waals surface area contributed by atoms with Gasteiger partial charge in [-0.3, -0.25) is 5.32 Å². The second-order valence-corrected chi connectivity index (χ2v) is 2.20. The number of allylic oxidation sites excluding steroid dienone is 2. The van der Waals surface area contributed by atoms with Gasteiger partial charge in [-0.05, 0) is 0 Å². The zero-order valence-electron chi connectivity index (χ0n) is 5.37. The number of fused-ring (bicyclic) bond motifs is 1. The number of hydrogen-bond donors (Lipinski definition) is 1. The van der Waals surface area contributed by atoms with Crippen LogP contribution < -0.4 is 5.32 Å². The summed E-state index contributed by atoms with van der Waals surface area (Å²) in [4.78, 5) is 0. The summed E-state index contributed by atoms with van der Waals surface area (Å²) < 4.78 is 4.83. The van der Waals surface area contributed by atoms with Crippen LogP contribution >= 0.6 is 0 Å². The molecule has 0 fully saturated rings. The lowest BCUT2D eigenvalue weighted by molar-refractivity contribution is 0.273. The van der Waals surface area contributed by atoms with Crippen LogP contribution in [-0.2, 0) is 4.74 Å². The third kappa shape index (κ3) is 0.866. The highest BCUT2D eigenvalue weighted by atomic mass is 16.5. The Morgan fingerprint density at radius 1 is 1.50 bits per heavy atom. The first-order valence-electron chi connectivity index (χ1n) is 3.18. The normalized spacial score (nSPS) is 28.8. The first kappa shape index (κ1) is 5.74. The van der Waals surface area contributed by atoms with Gasteiger partial charge in [0.25, 0.3) is 6.73 Å². The Bertz CT molecular complexity index is 215. The summed E-state index contributed by atoms with van der Waals surface area (Å²) in [5.41, 5.74) is 1.14. The molecule has 1 aliphatic carbocycles. The summed E-state index contributed by atoms with van der Waals surface area (Å²) in [5.74, 6) is 0. The molecule has 1 aliphatic heterocycles. The van der Waals surface area contributed by atoms with Crippen molar-refractivity contribution in [3.63, 3.8) is 0 Å². The van der Waals surface area contributed by atoms with E-state index in [1.54, 1.807) is 6.26 Å². The minimum Gasteiger partial charge on any atom is -0.468 e. The third-order valence-electron chi connectivity index (χ3n) is 1.53. The third-order valence-corrected chi connectivity index (χ3v) is 1.53. The molecule has 2 rings (SSSR count). The fourth-order valence-electron chi connectivity index (χ4n) is 0.996. The molecule has 2 aliphatic rings. The molecule has 1 heterocycles. The van der Waals surface area contributed by atoms with Crippen molar-refractivity contribution in [1.82, 2.24) is 5.32 Å². The lowest BCUT2D eigenvalue weighted by Gasteiger charge is -2.20. The molecule has 0 saturated heterocycles. The highest BCUT2D eigenvalue weighted by Crippen LogP contribution is 2.15. The number of hydrogen-bond acceptors (Lipinski definition) is 2. The zero-order chi connectivity index (χ0) is 6.81. The fraction of sp³-hybridized carbons (Fsp3) is 0.125. The molecule has 0 spiro atoms. The van der Waals surface area contributed by atoms with E-state index in [9.17, 15) is 0 Å². The average molecular weight is 133 g/mol. The molecular formula is C8H7NO. The van der Waals surface area contributed by atoms with Crippen molar-refractivity contribution in [2.24, 2.45) is 0 Å². The first-order chi connectivity index (χ1) is 4.97. The molecular weight excluding hydrogens is 126 g/mol. The van der Waals surface area contributed by atoms with Gasteiger partial charge in [0.05, 0.1) is 12.3 Å². The van der Waals surface area contributed by atoms with Crippen LogP contribution in [0.2, 0.25) is 0 Å². The van der Waals surface area contributed by atoms with Crippen molar-refractivity contribution < 1.29 is 4.74 Å². The molecule has 0 saturated carbocycles. The molecule has 1 unspecified atom stereocenters.